The maximum Gasteiger partial charge on any atom is 0.272 e. The van der Waals surface area contributed by atoms with Gasteiger partial charge in [-0.2, -0.15) is 5.10 Å². The fraction of sp³-hybridized carbons (Fsp3) is 0.750. The van der Waals surface area contributed by atoms with Crippen molar-refractivity contribution in [1.82, 2.24) is 24.5 Å². The minimum atomic E-state index is 0.0265. The Hall–Kier alpha value is -1.89. The number of carbonyl (C=O) groups is 2. The molecular weight excluding hydrogens is 342 g/mol. The molecule has 0 N–H and O–H groups in total. The van der Waals surface area contributed by atoms with Gasteiger partial charge >= 0.3 is 0 Å². The maximum absolute atomic E-state index is 12.9. The summed E-state index contributed by atoms with van der Waals surface area (Å²) in [6.07, 6.45) is 7.42. The lowest BCUT2D eigenvalue weighted by molar-refractivity contribution is -0.132. The molecule has 7 heteroatoms. The summed E-state index contributed by atoms with van der Waals surface area (Å²) in [6, 6.07) is 1.90. The molecule has 0 bridgehead atoms. The van der Waals surface area contributed by atoms with Gasteiger partial charge in [-0.1, -0.05) is 6.42 Å². The zero-order valence-corrected chi connectivity index (χ0v) is 16.8. The normalized spacial score (nSPS) is 21.3. The monoisotopic (exact) mass is 375 g/mol. The van der Waals surface area contributed by atoms with Crippen molar-refractivity contribution in [3.8, 4) is 0 Å². The molecule has 2 saturated heterocycles. The second-order valence-electron chi connectivity index (χ2n) is 7.69. The molecule has 0 saturated carbocycles. The van der Waals surface area contributed by atoms with E-state index in [1.807, 2.05) is 16.7 Å². The Morgan fingerprint density at radius 1 is 1.19 bits per heavy atom. The highest BCUT2D eigenvalue weighted by Gasteiger charge is 2.31. The van der Waals surface area contributed by atoms with Crippen molar-refractivity contribution < 1.29 is 9.59 Å². The zero-order chi connectivity index (χ0) is 19.2. The molecule has 2 fully saturated rings. The zero-order valence-electron chi connectivity index (χ0n) is 16.8. The number of rotatable bonds is 6. The van der Waals surface area contributed by atoms with Gasteiger partial charge in [0, 0.05) is 51.9 Å². The molecule has 1 aromatic rings. The molecule has 150 valence electrons. The number of nitrogens with zero attached hydrogens (tertiary/aromatic N) is 5. The van der Waals surface area contributed by atoms with E-state index in [1.165, 1.54) is 19.3 Å². The summed E-state index contributed by atoms with van der Waals surface area (Å²) in [4.78, 5) is 31.6. The lowest BCUT2D eigenvalue weighted by atomic mass is 10.0. The molecule has 0 radical (unpaired) electrons. The van der Waals surface area contributed by atoms with Gasteiger partial charge in [0.15, 0.2) is 0 Å². The second-order valence-corrected chi connectivity index (χ2v) is 7.69. The van der Waals surface area contributed by atoms with Gasteiger partial charge in [0.1, 0.15) is 5.69 Å². The van der Waals surface area contributed by atoms with Gasteiger partial charge in [0.05, 0.1) is 0 Å². The number of aryl methyl sites for hydroxylation is 1. The van der Waals surface area contributed by atoms with Crippen molar-refractivity contribution in [2.45, 2.75) is 58.5 Å². The van der Waals surface area contributed by atoms with Crippen LogP contribution in [-0.4, -0.2) is 81.6 Å². The molecule has 1 atom stereocenters. The molecule has 0 aliphatic carbocycles. The molecule has 3 rings (SSSR count). The van der Waals surface area contributed by atoms with E-state index in [0.717, 1.165) is 45.6 Å². The highest BCUT2D eigenvalue weighted by atomic mass is 16.2. The molecule has 0 spiro atoms. The minimum Gasteiger partial charge on any atom is -0.337 e. The lowest BCUT2D eigenvalue weighted by Gasteiger charge is -2.40. The van der Waals surface area contributed by atoms with Crippen molar-refractivity contribution in [2.75, 3.05) is 39.3 Å². The van der Waals surface area contributed by atoms with Crippen LogP contribution in [0.1, 0.15) is 56.4 Å². The summed E-state index contributed by atoms with van der Waals surface area (Å²) in [7, 11) is 0. The van der Waals surface area contributed by atoms with E-state index in [-0.39, 0.29) is 17.9 Å². The first kappa shape index (κ1) is 19.9. The van der Waals surface area contributed by atoms with Gasteiger partial charge < -0.3 is 14.7 Å². The first-order valence-corrected chi connectivity index (χ1v) is 10.4. The van der Waals surface area contributed by atoms with Gasteiger partial charge in [-0.05, 0) is 51.8 Å². The quantitative estimate of drug-likeness (QED) is 0.761. The predicted octanol–water partition coefficient (Wildman–Crippen LogP) is 1.84. The fourth-order valence-electron chi connectivity index (χ4n) is 4.35. The summed E-state index contributed by atoms with van der Waals surface area (Å²) >= 11 is 0. The van der Waals surface area contributed by atoms with E-state index in [0.29, 0.717) is 18.8 Å². The molecule has 3 heterocycles. The van der Waals surface area contributed by atoms with Gasteiger partial charge in [-0.25, -0.2) is 0 Å². The van der Waals surface area contributed by atoms with E-state index in [2.05, 4.69) is 10.00 Å². The second kappa shape index (κ2) is 9.35. The van der Waals surface area contributed by atoms with Crippen LogP contribution in [0.15, 0.2) is 12.3 Å². The van der Waals surface area contributed by atoms with Gasteiger partial charge in [-0.15, -0.1) is 0 Å². The van der Waals surface area contributed by atoms with Crippen molar-refractivity contribution >= 4 is 11.8 Å². The van der Waals surface area contributed by atoms with Crippen LogP contribution in [0.3, 0.4) is 0 Å². The molecule has 2 amide bonds. The van der Waals surface area contributed by atoms with Gasteiger partial charge in [-0.3, -0.25) is 14.3 Å². The molecule has 0 aromatic carbocycles. The van der Waals surface area contributed by atoms with Crippen LogP contribution in [0.25, 0.3) is 0 Å². The Kier molecular flexibility index (Phi) is 6.88. The Morgan fingerprint density at radius 2 is 1.96 bits per heavy atom. The first-order chi connectivity index (χ1) is 13.1. The standard InChI is InChI=1S/C20H33N5O2/c1-3-25-19(9-10-21-25)20(27)23-13-7-8-18(16-23)24(17(2)26)15-14-22-11-5-4-6-12-22/h9-10,18H,3-8,11-16H2,1-2H3. The third-order valence-electron chi connectivity index (χ3n) is 5.87. The van der Waals surface area contributed by atoms with Gasteiger partial charge in [0.25, 0.3) is 5.91 Å². The van der Waals surface area contributed by atoms with Crippen LogP contribution in [-0.2, 0) is 11.3 Å². The van der Waals surface area contributed by atoms with Gasteiger partial charge in [0.2, 0.25) is 5.91 Å². The van der Waals surface area contributed by atoms with Crippen LogP contribution in [0.2, 0.25) is 0 Å². The van der Waals surface area contributed by atoms with Crippen LogP contribution >= 0.6 is 0 Å². The van der Waals surface area contributed by atoms with E-state index >= 15 is 0 Å². The van der Waals surface area contributed by atoms with Crippen LogP contribution in [0.4, 0.5) is 0 Å². The maximum atomic E-state index is 12.9. The Morgan fingerprint density at radius 3 is 2.67 bits per heavy atom. The molecule has 1 unspecified atom stereocenters. The number of hydrogen-bond acceptors (Lipinski definition) is 4. The molecule has 27 heavy (non-hydrogen) atoms. The third-order valence-corrected chi connectivity index (χ3v) is 5.87. The molecule has 2 aliphatic rings. The number of piperidine rings is 2. The van der Waals surface area contributed by atoms with E-state index < -0.39 is 0 Å². The number of hydrogen-bond donors (Lipinski definition) is 0. The van der Waals surface area contributed by atoms with E-state index in [9.17, 15) is 9.59 Å². The molecule has 1 aromatic heterocycles. The summed E-state index contributed by atoms with van der Waals surface area (Å²) in [5.41, 5.74) is 0.640. The Labute approximate surface area is 162 Å². The SMILES string of the molecule is CCn1nccc1C(=O)N1CCCC(N(CCN2CCCCC2)C(C)=O)C1. The summed E-state index contributed by atoms with van der Waals surface area (Å²) in [5.74, 6) is 0.142. The topological polar surface area (TPSA) is 61.7 Å². The Bertz CT molecular complexity index is 638. The summed E-state index contributed by atoms with van der Waals surface area (Å²) < 4.78 is 1.74. The highest BCUT2D eigenvalue weighted by Crippen LogP contribution is 2.19. The Balaban J connectivity index is 1.61. The number of amides is 2. The van der Waals surface area contributed by atoms with Crippen molar-refractivity contribution in [3.05, 3.63) is 18.0 Å². The minimum absolute atomic E-state index is 0.0265. The van der Waals surface area contributed by atoms with Crippen LogP contribution in [0.5, 0.6) is 0 Å². The van der Waals surface area contributed by atoms with Crippen LogP contribution in [0, 0.1) is 0 Å². The van der Waals surface area contributed by atoms with Crippen molar-refractivity contribution in [2.24, 2.45) is 0 Å². The average Bonchev–Trinajstić information content (AvgIpc) is 3.17. The largest absolute Gasteiger partial charge is 0.337 e. The average molecular weight is 376 g/mol. The molecule has 7 nitrogen and oxygen atoms in total. The first-order valence-electron chi connectivity index (χ1n) is 10.4. The van der Waals surface area contributed by atoms with E-state index in [4.69, 9.17) is 0 Å². The molecule has 2 aliphatic heterocycles. The smallest absolute Gasteiger partial charge is 0.272 e. The fourth-order valence-corrected chi connectivity index (χ4v) is 4.35. The van der Waals surface area contributed by atoms with Crippen molar-refractivity contribution in [3.63, 3.8) is 0 Å². The van der Waals surface area contributed by atoms with E-state index in [1.54, 1.807) is 23.9 Å². The predicted molar refractivity (Wildman–Crippen MR) is 105 cm³/mol. The lowest BCUT2D eigenvalue weighted by Crippen LogP contribution is -2.53. The summed E-state index contributed by atoms with van der Waals surface area (Å²) in [5, 5.41) is 4.21. The number of aromatic nitrogens is 2. The highest BCUT2D eigenvalue weighted by molar-refractivity contribution is 5.92. The third kappa shape index (κ3) is 4.89. The van der Waals surface area contributed by atoms with Crippen molar-refractivity contribution in [1.29, 1.82) is 0 Å². The number of likely N-dealkylation sites (tertiary alicyclic amines) is 2. The van der Waals surface area contributed by atoms with Crippen LogP contribution < -0.4 is 0 Å². The summed E-state index contributed by atoms with van der Waals surface area (Å²) in [6.45, 7) is 9.67. The number of carbonyl (C=O) groups excluding carboxylic acids is 2. The molecular formula is C20H33N5O2.